The lowest BCUT2D eigenvalue weighted by atomic mass is 10.1. The molecule has 1 aromatic heterocycles. The van der Waals surface area contributed by atoms with Crippen LogP contribution in [0.1, 0.15) is 15.9 Å². The molecular formula is C29H31N7O2. The van der Waals surface area contributed by atoms with Gasteiger partial charge in [0.1, 0.15) is 0 Å². The molecule has 0 spiro atoms. The SMILES string of the molecule is CN1CCN(c2ccc(C(=O)Nc3cc(-c4ccc(CNC(=O)Nc5ccccc5)cc4)[nH]n3)cc2)CC1. The summed E-state index contributed by atoms with van der Waals surface area (Å²) in [6.45, 7) is 4.44. The molecule has 0 saturated carbocycles. The van der Waals surface area contributed by atoms with Gasteiger partial charge >= 0.3 is 6.03 Å². The zero-order valence-electron chi connectivity index (χ0n) is 21.3. The quantitative estimate of drug-likeness (QED) is 0.296. The van der Waals surface area contributed by atoms with Crippen molar-refractivity contribution in [1.82, 2.24) is 20.4 Å². The predicted molar refractivity (Wildman–Crippen MR) is 150 cm³/mol. The van der Waals surface area contributed by atoms with Gasteiger partial charge in [-0.05, 0) is 54.6 Å². The maximum absolute atomic E-state index is 12.8. The Morgan fingerprint density at radius 3 is 2.29 bits per heavy atom. The van der Waals surface area contributed by atoms with Gasteiger partial charge < -0.3 is 25.8 Å². The molecule has 1 fully saturated rings. The van der Waals surface area contributed by atoms with Crippen molar-refractivity contribution in [2.24, 2.45) is 0 Å². The summed E-state index contributed by atoms with van der Waals surface area (Å²) in [7, 11) is 2.13. The lowest BCUT2D eigenvalue weighted by molar-refractivity contribution is 0.102. The van der Waals surface area contributed by atoms with E-state index in [2.05, 4.69) is 43.0 Å². The molecule has 194 valence electrons. The Morgan fingerprint density at radius 1 is 0.868 bits per heavy atom. The fourth-order valence-electron chi connectivity index (χ4n) is 4.29. The minimum absolute atomic E-state index is 0.205. The van der Waals surface area contributed by atoms with Crippen LogP contribution in [0, 0.1) is 0 Å². The second-order valence-corrected chi connectivity index (χ2v) is 9.33. The summed E-state index contributed by atoms with van der Waals surface area (Å²) in [5.74, 6) is 0.250. The highest BCUT2D eigenvalue weighted by Crippen LogP contribution is 2.22. The van der Waals surface area contributed by atoms with Gasteiger partial charge in [-0.1, -0.05) is 42.5 Å². The number of rotatable bonds is 7. The first-order valence-corrected chi connectivity index (χ1v) is 12.6. The largest absolute Gasteiger partial charge is 0.369 e. The molecule has 4 N–H and O–H groups in total. The highest BCUT2D eigenvalue weighted by Gasteiger charge is 2.15. The summed E-state index contributed by atoms with van der Waals surface area (Å²) in [6.07, 6.45) is 0. The average molecular weight is 510 g/mol. The highest BCUT2D eigenvalue weighted by atomic mass is 16.2. The zero-order valence-corrected chi connectivity index (χ0v) is 21.3. The van der Waals surface area contributed by atoms with E-state index in [1.807, 2.05) is 78.9 Å². The van der Waals surface area contributed by atoms with Crippen LogP contribution in [0.5, 0.6) is 0 Å². The van der Waals surface area contributed by atoms with Gasteiger partial charge in [-0.25, -0.2) is 4.79 Å². The molecule has 9 nitrogen and oxygen atoms in total. The molecule has 4 aromatic rings. The van der Waals surface area contributed by atoms with E-state index in [1.165, 1.54) is 0 Å². The lowest BCUT2D eigenvalue weighted by Gasteiger charge is -2.34. The number of nitrogens with one attached hydrogen (secondary N) is 4. The van der Waals surface area contributed by atoms with E-state index in [9.17, 15) is 9.59 Å². The van der Waals surface area contributed by atoms with E-state index in [0.29, 0.717) is 17.9 Å². The topological polar surface area (TPSA) is 105 Å². The minimum Gasteiger partial charge on any atom is -0.369 e. The summed E-state index contributed by atoms with van der Waals surface area (Å²) in [6, 6.07) is 26.3. The molecule has 5 rings (SSSR count). The Kier molecular flexibility index (Phi) is 7.65. The summed E-state index contributed by atoms with van der Waals surface area (Å²) in [5.41, 5.74) is 5.13. The summed E-state index contributed by atoms with van der Waals surface area (Å²) in [5, 5.41) is 15.7. The lowest BCUT2D eigenvalue weighted by Crippen LogP contribution is -2.44. The highest BCUT2D eigenvalue weighted by molar-refractivity contribution is 6.04. The van der Waals surface area contributed by atoms with Crippen molar-refractivity contribution in [3.05, 3.63) is 96.1 Å². The number of hydrogen-bond donors (Lipinski definition) is 4. The fourth-order valence-corrected chi connectivity index (χ4v) is 4.29. The number of amides is 3. The van der Waals surface area contributed by atoms with Gasteiger partial charge in [0.15, 0.2) is 5.82 Å². The van der Waals surface area contributed by atoms with E-state index >= 15 is 0 Å². The number of urea groups is 1. The third-order valence-electron chi connectivity index (χ3n) is 6.57. The van der Waals surface area contributed by atoms with Crippen molar-refractivity contribution < 1.29 is 9.59 Å². The molecule has 0 unspecified atom stereocenters. The maximum atomic E-state index is 12.8. The minimum atomic E-state index is -0.261. The zero-order chi connectivity index (χ0) is 26.3. The number of anilines is 3. The molecule has 3 amide bonds. The maximum Gasteiger partial charge on any atom is 0.319 e. The Balaban J connectivity index is 1.13. The molecule has 3 aromatic carbocycles. The number of nitrogens with zero attached hydrogens (tertiary/aromatic N) is 3. The summed E-state index contributed by atoms with van der Waals surface area (Å²) in [4.78, 5) is 29.5. The number of aromatic nitrogens is 2. The molecule has 1 saturated heterocycles. The Hall–Kier alpha value is -4.63. The van der Waals surface area contributed by atoms with E-state index in [1.54, 1.807) is 6.07 Å². The van der Waals surface area contributed by atoms with Gasteiger partial charge in [-0.15, -0.1) is 0 Å². The first kappa shape index (κ1) is 25.0. The van der Waals surface area contributed by atoms with Crippen LogP contribution in [-0.4, -0.2) is 60.3 Å². The smallest absolute Gasteiger partial charge is 0.319 e. The molecular weight excluding hydrogens is 478 g/mol. The van der Waals surface area contributed by atoms with Crippen LogP contribution >= 0.6 is 0 Å². The van der Waals surface area contributed by atoms with Gasteiger partial charge in [-0.2, -0.15) is 5.10 Å². The van der Waals surface area contributed by atoms with Crippen molar-refractivity contribution in [1.29, 1.82) is 0 Å². The van der Waals surface area contributed by atoms with Crippen LogP contribution in [-0.2, 0) is 6.54 Å². The second kappa shape index (κ2) is 11.6. The number of aromatic amines is 1. The first-order chi connectivity index (χ1) is 18.5. The number of H-pyrrole nitrogens is 1. The third kappa shape index (κ3) is 6.37. The molecule has 38 heavy (non-hydrogen) atoms. The fraction of sp³-hybridized carbons (Fsp3) is 0.207. The molecule has 2 heterocycles. The number of piperazine rings is 1. The van der Waals surface area contributed by atoms with Crippen molar-refractivity contribution in [3.8, 4) is 11.3 Å². The number of likely N-dealkylation sites (N-methyl/N-ethyl adjacent to an activating group) is 1. The third-order valence-corrected chi connectivity index (χ3v) is 6.57. The van der Waals surface area contributed by atoms with E-state index in [-0.39, 0.29) is 11.9 Å². The Bertz CT molecular complexity index is 1360. The van der Waals surface area contributed by atoms with Gasteiger partial charge in [0, 0.05) is 55.7 Å². The Morgan fingerprint density at radius 2 is 1.58 bits per heavy atom. The summed E-state index contributed by atoms with van der Waals surface area (Å²) < 4.78 is 0. The number of carbonyl (C=O) groups is 2. The van der Waals surface area contributed by atoms with Crippen LogP contribution in [0.25, 0.3) is 11.3 Å². The average Bonchev–Trinajstić information content (AvgIpc) is 3.42. The number of hydrogen-bond acceptors (Lipinski definition) is 5. The first-order valence-electron chi connectivity index (χ1n) is 12.6. The van der Waals surface area contributed by atoms with Gasteiger partial charge in [-0.3, -0.25) is 9.89 Å². The summed E-state index contributed by atoms with van der Waals surface area (Å²) >= 11 is 0. The number of benzene rings is 3. The van der Waals surface area contributed by atoms with Crippen LogP contribution < -0.4 is 20.9 Å². The van der Waals surface area contributed by atoms with E-state index in [0.717, 1.165) is 54.4 Å². The Labute approximate surface area is 221 Å². The van der Waals surface area contributed by atoms with Crippen molar-refractivity contribution in [3.63, 3.8) is 0 Å². The van der Waals surface area contributed by atoms with Gasteiger partial charge in [0.05, 0.1) is 5.69 Å². The number of para-hydroxylation sites is 1. The molecule has 0 radical (unpaired) electrons. The predicted octanol–water partition coefficient (Wildman–Crippen LogP) is 4.40. The van der Waals surface area contributed by atoms with Crippen molar-refractivity contribution >= 4 is 29.1 Å². The monoisotopic (exact) mass is 509 g/mol. The number of carbonyl (C=O) groups excluding carboxylic acids is 2. The molecule has 1 aliphatic rings. The molecule has 0 aliphatic carbocycles. The van der Waals surface area contributed by atoms with Gasteiger partial charge in [0.25, 0.3) is 5.91 Å². The van der Waals surface area contributed by atoms with E-state index < -0.39 is 0 Å². The van der Waals surface area contributed by atoms with Crippen LogP contribution in [0.3, 0.4) is 0 Å². The molecule has 1 aliphatic heterocycles. The van der Waals surface area contributed by atoms with Gasteiger partial charge in [0.2, 0.25) is 0 Å². The molecule has 9 heteroatoms. The second-order valence-electron chi connectivity index (χ2n) is 9.33. The van der Waals surface area contributed by atoms with Crippen LogP contribution in [0.2, 0.25) is 0 Å². The standard InChI is InChI=1S/C29H31N7O2/c1-35-15-17-36(18-16-35)25-13-11-23(12-14-25)28(37)32-27-19-26(33-34-27)22-9-7-21(8-10-22)20-30-29(38)31-24-5-3-2-4-6-24/h2-14,19H,15-18,20H2,1H3,(H2,30,31,38)(H2,32,33,34,37). The van der Waals surface area contributed by atoms with Crippen LogP contribution in [0.4, 0.5) is 22.0 Å². The normalized spacial score (nSPS) is 13.7. The molecule has 0 bridgehead atoms. The molecule has 0 atom stereocenters. The van der Waals surface area contributed by atoms with Crippen molar-refractivity contribution in [2.45, 2.75) is 6.54 Å². The van der Waals surface area contributed by atoms with E-state index in [4.69, 9.17) is 0 Å². The van der Waals surface area contributed by atoms with Crippen LogP contribution in [0.15, 0.2) is 84.9 Å². The van der Waals surface area contributed by atoms with Crippen molar-refractivity contribution in [2.75, 3.05) is 48.8 Å².